The number of hydrogen-bond donors (Lipinski definition) is 2. The standard InChI is InChI=1S/C24H35BN2O7/c1-22(2,31)20(28)26-8-7-15-11-16(25-33-23(3,4)24(5,6)34-25)12-17(18(15)13-26)19-14-32-10-9-27(19)21(29)30/h11-12,19,31H,7-10,13-14H2,1-6H3,(H,29,30). The zero-order chi connectivity index (χ0) is 25.1. The molecule has 2 saturated heterocycles. The molecule has 186 valence electrons. The largest absolute Gasteiger partial charge is 0.494 e. The third kappa shape index (κ3) is 4.44. The van der Waals surface area contributed by atoms with Crippen molar-refractivity contribution in [3.63, 3.8) is 0 Å². The number of fused-ring (bicyclic) bond motifs is 1. The number of ether oxygens (including phenoxy) is 1. The molecule has 2 fully saturated rings. The van der Waals surface area contributed by atoms with Crippen molar-refractivity contribution in [1.82, 2.24) is 9.80 Å². The van der Waals surface area contributed by atoms with Crippen molar-refractivity contribution in [2.75, 3.05) is 26.3 Å². The van der Waals surface area contributed by atoms with Crippen molar-refractivity contribution < 1.29 is 33.8 Å². The number of morpholine rings is 1. The molecule has 0 aromatic heterocycles. The zero-order valence-corrected chi connectivity index (χ0v) is 20.9. The number of nitrogens with zero attached hydrogens (tertiary/aromatic N) is 2. The molecule has 0 radical (unpaired) electrons. The van der Waals surface area contributed by atoms with E-state index in [1.807, 2.05) is 39.8 Å². The van der Waals surface area contributed by atoms with E-state index in [0.717, 1.165) is 22.2 Å². The van der Waals surface area contributed by atoms with Crippen LogP contribution in [0, 0.1) is 0 Å². The molecule has 34 heavy (non-hydrogen) atoms. The Morgan fingerprint density at radius 2 is 1.76 bits per heavy atom. The fraction of sp³-hybridized carbons (Fsp3) is 0.667. The van der Waals surface area contributed by atoms with Gasteiger partial charge in [0.05, 0.1) is 30.5 Å². The molecule has 10 heteroatoms. The van der Waals surface area contributed by atoms with Crippen molar-refractivity contribution in [3.8, 4) is 0 Å². The summed E-state index contributed by atoms with van der Waals surface area (Å²) < 4.78 is 18.2. The highest BCUT2D eigenvalue weighted by molar-refractivity contribution is 6.62. The van der Waals surface area contributed by atoms with E-state index in [-0.39, 0.29) is 19.1 Å². The van der Waals surface area contributed by atoms with E-state index < -0.39 is 36.1 Å². The fourth-order valence-corrected chi connectivity index (χ4v) is 4.79. The van der Waals surface area contributed by atoms with Crippen LogP contribution in [0.3, 0.4) is 0 Å². The summed E-state index contributed by atoms with van der Waals surface area (Å²) in [5.41, 5.74) is 1.03. The molecule has 4 rings (SSSR count). The lowest BCUT2D eigenvalue weighted by Crippen LogP contribution is -2.49. The van der Waals surface area contributed by atoms with Crippen molar-refractivity contribution in [2.45, 2.75) is 77.4 Å². The van der Waals surface area contributed by atoms with Gasteiger partial charge in [0.2, 0.25) is 0 Å². The molecule has 0 saturated carbocycles. The smallest absolute Gasteiger partial charge is 0.465 e. The van der Waals surface area contributed by atoms with Crippen LogP contribution in [-0.2, 0) is 31.8 Å². The zero-order valence-electron chi connectivity index (χ0n) is 20.9. The normalized spacial score (nSPS) is 24.2. The summed E-state index contributed by atoms with van der Waals surface area (Å²) in [5, 5.41) is 20.1. The second-order valence-corrected chi connectivity index (χ2v) is 10.9. The number of carbonyl (C=O) groups is 2. The van der Waals surface area contributed by atoms with Gasteiger partial charge in [0, 0.05) is 19.6 Å². The average molecular weight is 474 g/mol. The Morgan fingerprint density at radius 1 is 1.12 bits per heavy atom. The van der Waals surface area contributed by atoms with Crippen LogP contribution in [0.25, 0.3) is 0 Å². The second-order valence-electron chi connectivity index (χ2n) is 10.9. The number of amides is 2. The van der Waals surface area contributed by atoms with Gasteiger partial charge in [0.15, 0.2) is 0 Å². The van der Waals surface area contributed by atoms with E-state index in [1.54, 1.807) is 4.90 Å². The van der Waals surface area contributed by atoms with Crippen LogP contribution >= 0.6 is 0 Å². The summed E-state index contributed by atoms with van der Waals surface area (Å²) in [6.45, 7) is 12.5. The van der Waals surface area contributed by atoms with Gasteiger partial charge in [-0.3, -0.25) is 9.69 Å². The van der Waals surface area contributed by atoms with Gasteiger partial charge in [-0.05, 0) is 70.1 Å². The van der Waals surface area contributed by atoms with E-state index in [9.17, 15) is 19.8 Å². The molecule has 0 aliphatic carbocycles. The molecule has 1 unspecified atom stereocenters. The number of hydrogen-bond acceptors (Lipinski definition) is 6. The fourth-order valence-electron chi connectivity index (χ4n) is 4.79. The number of rotatable bonds is 3. The average Bonchev–Trinajstić information content (AvgIpc) is 2.98. The van der Waals surface area contributed by atoms with Crippen molar-refractivity contribution in [3.05, 3.63) is 28.8 Å². The van der Waals surface area contributed by atoms with Gasteiger partial charge >= 0.3 is 13.2 Å². The topological polar surface area (TPSA) is 109 Å². The molecular formula is C24H35BN2O7. The molecule has 1 aromatic carbocycles. The van der Waals surface area contributed by atoms with Gasteiger partial charge in [-0.15, -0.1) is 0 Å². The van der Waals surface area contributed by atoms with E-state index in [2.05, 4.69) is 0 Å². The Morgan fingerprint density at radius 3 is 2.35 bits per heavy atom. The van der Waals surface area contributed by atoms with Crippen LogP contribution in [0.5, 0.6) is 0 Å². The number of carbonyl (C=O) groups excluding carboxylic acids is 1. The SMILES string of the molecule is CC(C)(O)C(=O)N1CCc2cc(B3OC(C)(C)C(C)(C)O3)cc(C3COCCN3C(=O)O)c2C1. The monoisotopic (exact) mass is 474 g/mol. The highest BCUT2D eigenvalue weighted by Crippen LogP contribution is 2.38. The quantitative estimate of drug-likeness (QED) is 0.642. The first-order valence-corrected chi connectivity index (χ1v) is 11.8. The molecular weight excluding hydrogens is 439 g/mol. The molecule has 1 aromatic rings. The summed E-state index contributed by atoms with van der Waals surface area (Å²) in [6.07, 6.45) is -0.429. The van der Waals surface area contributed by atoms with Gasteiger partial charge in [0.25, 0.3) is 5.91 Å². The molecule has 2 amide bonds. The Balaban J connectivity index is 1.78. The minimum Gasteiger partial charge on any atom is -0.465 e. The predicted octanol–water partition coefficient (Wildman–Crippen LogP) is 1.69. The maximum absolute atomic E-state index is 12.8. The third-order valence-electron chi connectivity index (χ3n) is 7.47. The summed E-state index contributed by atoms with van der Waals surface area (Å²) in [6, 6.07) is 3.47. The summed E-state index contributed by atoms with van der Waals surface area (Å²) in [4.78, 5) is 27.9. The number of aliphatic hydroxyl groups is 1. The minimum atomic E-state index is -1.48. The van der Waals surface area contributed by atoms with Crippen LogP contribution in [0.4, 0.5) is 4.79 Å². The van der Waals surface area contributed by atoms with E-state index >= 15 is 0 Å². The molecule has 3 heterocycles. The first-order chi connectivity index (χ1) is 15.7. The molecule has 0 spiro atoms. The van der Waals surface area contributed by atoms with E-state index in [4.69, 9.17) is 14.0 Å². The van der Waals surface area contributed by atoms with Crippen LogP contribution in [0.1, 0.15) is 64.3 Å². The van der Waals surface area contributed by atoms with Gasteiger partial charge in [-0.25, -0.2) is 4.79 Å². The lowest BCUT2D eigenvalue weighted by molar-refractivity contribution is -0.148. The first-order valence-electron chi connectivity index (χ1n) is 11.8. The Kier molecular flexibility index (Phi) is 6.25. The van der Waals surface area contributed by atoms with Gasteiger partial charge in [-0.1, -0.05) is 12.1 Å². The number of carboxylic acid groups (broad SMARTS) is 1. The molecule has 3 aliphatic rings. The van der Waals surface area contributed by atoms with Crippen molar-refractivity contribution >= 4 is 24.6 Å². The molecule has 0 bridgehead atoms. The van der Waals surface area contributed by atoms with Crippen LogP contribution in [-0.4, -0.2) is 82.2 Å². The Labute approximate surface area is 201 Å². The van der Waals surface area contributed by atoms with E-state index in [1.165, 1.54) is 18.7 Å². The minimum absolute atomic E-state index is 0.227. The first kappa shape index (κ1) is 25.0. The third-order valence-corrected chi connectivity index (χ3v) is 7.47. The summed E-state index contributed by atoms with van der Waals surface area (Å²) in [7, 11) is -0.590. The van der Waals surface area contributed by atoms with Crippen molar-refractivity contribution in [2.24, 2.45) is 0 Å². The molecule has 1 atom stereocenters. The number of benzene rings is 1. The molecule has 3 aliphatic heterocycles. The Bertz CT molecular complexity index is 972. The summed E-state index contributed by atoms with van der Waals surface area (Å²) in [5.74, 6) is -0.353. The van der Waals surface area contributed by atoms with Gasteiger partial charge < -0.3 is 29.2 Å². The molecule has 2 N–H and O–H groups in total. The predicted molar refractivity (Wildman–Crippen MR) is 126 cm³/mol. The highest BCUT2D eigenvalue weighted by Gasteiger charge is 2.52. The van der Waals surface area contributed by atoms with Crippen LogP contribution in [0.15, 0.2) is 12.1 Å². The maximum Gasteiger partial charge on any atom is 0.494 e. The summed E-state index contributed by atoms with van der Waals surface area (Å²) >= 11 is 0. The Hall–Kier alpha value is -2.14. The lowest BCUT2D eigenvalue weighted by atomic mass is 9.74. The second kappa shape index (κ2) is 8.51. The van der Waals surface area contributed by atoms with Crippen LogP contribution < -0.4 is 5.46 Å². The maximum atomic E-state index is 12.8. The van der Waals surface area contributed by atoms with Crippen LogP contribution in [0.2, 0.25) is 0 Å². The van der Waals surface area contributed by atoms with Crippen molar-refractivity contribution in [1.29, 1.82) is 0 Å². The highest BCUT2D eigenvalue weighted by atomic mass is 16.7. The van der Waals surface area contributed by atoms with E-state index in [0.29, 0.717) is 26.1 Å². The van der Waals surface area contributed by atoms with Gasteiger partial charge in [0.1, 0.15) is 5.60 Å². The van der Waals surface area contributed by atoms with Gasteiger partial charge in [-0.2, -0.15) is 0 Å². The molecule has 9 nitrogen and oxygen atoms in total. The lowest BCUT2D eigenvalue weighted by Gasteiger charge is -2.39.